The van der Waals surface area contributed by atoms with Crippen LogP contribution >= 0.6 is 0 Å². The number of carbonyl (C=O) groups excluding carboxylic acids is 1. The Morgan fingerprint density at radius 1 is 1.10 bits per heavy atom. The van der Waals surface area contributed by atoms with Gasteiger partial charge in [0.15, 0.2) is 11.5 Å². The van der Waals surface area contributed by atoms with Gasteiger partial charge in [-0.2, -0.15) is 0 Å². The van der Waals surface area contributed by atoms with Crippen molar-refractivity contribution in [3.63, 3.8) is 0 Å². The monoisotopic (exact) mass is 268 g/mol. The molecule has 0 bridgehead atoms. The summed E-state index contributed by atoms with van der Waals surface area (Å²) in [5.74, 6) is -0.503. The van der Waals surface area contributed by atoms with Gasteiger partial charge in [0.05, 0.1) is 0 Å². The largest absolute Gasteiger partial charge is 0.291 e. The third-order valence-corrected chi connectivity index (χ3v) is 3.26. The van der Waals surface area contributed by atoms with Crippen molar-refractivity contribution in [3.8, 4) is 11.1 Å². The summed E-state index contributed by atoms with van der Waals surface area (Å²) in [6.07, 6.45) is 1.45. The molecule has 0 heterocycles. The molecule has 0 spiro atoms. The lowest BCUT2D eigenvalue weighted by atomic mass is 9.92. The minimum Gasteiger partial charge on any atom is -0.291 e. The summed E-state index contributed by atoms with van der Waals surface area (Å²) in [5, 5.41) is 0. The third kappa shape index (κ3) is 3.02. The first-order chi connectivity index (χ1) is 9.54. The Morgan fingerprint density at radius 3 is 2.20 bits per heavy atom. The molecule has 0 fully saturated rings. The normalized spacial score (nSPS) is 13.5. The third-order valence-electron chi connectivity index (χ3n) is 3.26. The Hall–Kier alpha value is -2.22. The van der Waals surface area contributed by atoms with Crippen LogP contribution in [0.15, 0.2) is 67.3 Å². The summed E-state index contributed by atoms with van der Waals surface area (Å²) in [6, 6.07) is 16.9. The zero-order valence-electron chi connectivity index (χ0n) is 11.5. The van der Waals surface area contributed by atoms with Crippen molar-refractivity contribution >= 4 is 5.78 Å². The maximum atomic E-state index is 14.2. The quantitative estimate of drug-likeness (QED) is 0.560. The number of Topliss-reactive ketones (excluding diaryl/α,β-unsaturated/α-hetero) is 1. The number of hydrogen-bond acceptors (Lipinski definition) is 1. The fourth-order valence-electron chi connectivity index (χ4n) is 2.11. The Kier molecular flexibility index (Phi) is 4.14. The summed E-state index contributed by atoms with van der Waals surface area (Å²) in [6.45, 7) is 4.78. The standard InChI is InChI=1S/C18H17FO/c1-3-13-18(2,19)17(20)16-11-9-15(10-12-16)14-7-5-4-6-8-14/h3-12H,1,13H2,2H3. The van der Waals surface area contributed by atoms with Crippen LogP contribution in [-0.2, 0) is 0 Å². The van der Waals surface area contributed by atoms with E-state index in [1.165, 1.54) is 13.0 Å². The van der Waals surface area contributed by atoms with Crippen molar-refractivity contribution < 1.29 is 9.18 Å². The molecule has 0 aromatic heterocycles. The van der Waals surface area contributed by atoms with E-state index in [-0.39, 0.29) is 6.42 Å². The van der Waals surface area contributed by atoms with Crippen molar-refractivity contribution in [2.24, 2.45) is 0 Å². The van der Waals surface area contributed by atoms with Gasteiger partial charge in [-0.1, -0.05) is 60.7 Å². The van der Waals surface area contributed by atoms with E-state index in [2.05, 4.69) is 6.58 Å². The number of halogens is 1. The molecule has 20 heavy (non-hydrogen) atoms. The van der Waals surface area contributed by atoms with Crippen LogP contribution in [0.3, 0.4) is 0 Å². The first-order valence-electron chi connectivity index (χ1n) is 6.55. The molecule has 102 valence electrons. The van der Waals surface area contributed by atoms with Crippen molar-refractivity contribution in [2.75, 3.05) is 0 Å². The zero-order valence-corrected chi connectivity index (χ0v) is 11.5. The Bertz CT molecular complexity index is 597. The second-order valence-electron chi connectivity index (χ2n) is 4.96. The number of hydrogen-bond donors (Lipinski definition) is 0. The lowest BCUT2D eigenvalue weighted by molar-refractivity contribution is 0.0730. The van der Waals surface area contributed by atoms with Crippen molar-refractivity contribution in [3.05, 3.63) is 72.8 Å². The van der Waals surface area contributed by atoms with Crippen LogP contribution in [0, 0.1) is 0 Å². The maximum Gasteiger partial charge on any atom is 0.200 e. The molecule has 1 atom stereocenters. The van der Waals surface area contributed by atoms with E-state index in [1.807, 2.05) is 42.5 Å². The molecule has 0 N–H and O–H groups in total. The van der Waals surface area contributed by atoms with Gasteiger partial charge in [-0.15, -0.1) is 6.58 Å². The van der Waals surface area contributed by atoms with Crippen LogP contribution in [0.1, 0.15) is 23.7 Å². The number of ketones is 1. The van der Waals surface area contributed by atoms with Crippen LogP contribution in [0.5, 0.6) is 0 Å². The Balaban J connectivity index is 2.25. The molecule has 2 rings (SSSR count). The molecule has 0 aliphatic heterocycles. The summed E-state index contributed by atoms with van der Waals surface area (Å²) >= 11 is 0. The van der Waals surface area contributed by atoms with Crippen LogP contribution in [0.25, 0.3) is 11.1 Å². The van der Waals surface area contributed by atoms with Crippen LogP contribution in [0.2, 0.25) is 0 Å². The summed E-state index contributed by atoms with van der Waals surface area (Å²) < 4.78 is 14.2. The smallest absolute Gasteiger partial charge is 0.200 e. The number of rotatable bonds is 5. The predicted molar refractivity (Wildman–Crippen MR) is 80.5 cm³/mol. The average Bonchev–Trinajstić information content (AvgIpc) is 2.47. The van der Waals surface area contributed by atoms with E-state index in [9.17, 15) is 9.18 Å². The average molecular weight is 268 g/mol. The van der Waals surface area contributed by atoms with Crippen LogP contribution < -0.4 is 0 Å². The summed E-state index contributed by atoms with van der Waals surface area (Å²) in [7, 11) is 0. The number of carbonyl (C=O) groups is 1. The predicted octanol–water partition coefficient (Wildman–Crippen LogP) is 4.84. The van der Waals surface area contributed by atoms with Gasteiger partial charge in [-0.05, 0) is 18.1 Å². The van der Waals surface area contributed by atoms with Gasteiger partial charge >= 0.3 is 0 Å². The molecule has 0 saturated heterocycles. The molecule has 1 unspecified atom stereocenters. The lowest BCUT2D eigenvalue weighted by Crippen LogP contribution is -2.29. The van der Waals surface area contributed by atoms with Gasteiger partial charge in [0, 0.05) is 12.0 Å². The van der Waals surface area contributed by atoms with Gasteiger partial charge < -0.3 is 0 Å². The molecule has 2 aromatic carbocycles. The number of benzene rings is 2. The van der Waals surface area contributed by atoms with E-state index in [1.54, 1.807) is 12.1 Å². The van der Waals surface area contributed by atoms with Crippen molar-refractivity contribution in [2.45, 2.75) is 19.0 Å². The molecule has 1 nitrogen and oxygen atoms in total. The summed E-state index contributed by atoms with van der Waals surface area (Å²) in [5.41, 5.74) is 0.569. The van der Waals surface area contributed by atoms with E-state index in [0.29, 0.717) is 5.56 Å². The molecule has 0 amide bonds. The summed E-state index contributed by atoms with van der Waals surface area (Å²) in [4.78, 5) is 12.1. The van der Waals surface area contributed by atoms with E-state index < -0.39 is 11.5 Å². The molecule has 0 aliphatic rings. The lowest BCUT2D eigenvalue weighted by Gasteiger charge is -2.17. The Morgan fingerprint density at radius 2 is 1.65 bits per heavy atom. The Labute approximate surface area is 118 Å². The molecule has 2 aromatic rings. The second kappa shape index (κ2) is 5.83. The van der Waals surface area contributed by atoms with E-state index >= 15 is 0 Å². The van der Waals surface area contributed by atoms with Gasteiger partial charge in [0.1, 0.15) is 0 Å². The minimum absolute atomic E-state index is 0.0201. The molecular formula is C18H17FO. The zero-order chi connectivity index (χ0) is 14.6. The van der Waals surface area contributed by atoms with Crippen molar-refractivity contribution in [1.29, 1.82) is 0 Å². The highest BCUT2D eigenvalue weighted by atomic mass is 19.1. The molecule has 0 saturated carbocycles. The molecular weight excluding hydrogens is 251 g/mol. The maximum absolute atomic E-state index is 14.2. The minimum atomic E-state index is -1.89. The van der Waals surface area contributed by atoms with Gasteiger partial charge in [0.25, 0.3) is 0 Å². The fourth-order valence-corrected chi connectivity index (χ4v) is 2.11. The molecule has 2 heteroatoms. The van der Waals surface area contributed by atoms with Crippen LogP contribution in [0.4, 0.5) is 4.39 Å². The van der Waals surface area contributed by atoms with Gasteiger partial charge in [-0.3, -0.25) is 4.79 Å². The number of allylic oxidation sites excluding steroid dienone is 1. The van der Waals surface area contributed by atoms with Crippen molar-refractivity contribution in [1.82, 2.24) is 0 Å². The van der Waals surface area contributed by atoms with E-state index in [0.717, 1.165) is 11.1 Å². The topological polar surface area (TPSA) is 17.1 Å². The van der Waals surface area contributed by atoms with E-state index in [4.69, 9.17) is 0 Å². The fraction of sp³-hybridized carbons (Fsp3) is 0.167. The SMILES string of the molecule is C=CCC(C)(F)C(=O)c1ccc(-c2ccccc2)cc1. The van der Waals surface area contributed by atoms with Crippen LogP contribution in [-0.4, -0.2) is 11.5 Å². The highest BCUT2D eigenvalue weighted by Gasteiger charge is 2.32. The van der Waals surface area contributed by atoms with Gasteiger partial charge in [-0.25, -0.2) is 4.39 Å². The number of alkyl halides is 1. The first-order valence-corrected chi connectivity index (χ1v) is 6.55. The first kappa shape index (κ1) is 14.2. The second-order valence-corrected chi connectivity index (χ2v) is 4.96. The van der Waals surface area contributed by atoms with Gasteiger partial charge in [0.2, 0.25) is 0 Å². The molecule has 0 radical (unpaired) electrons. The highest BCUT2D eigenvalue weighted by molar-refractivity contribution is 6.02. The highest BCUT2D eigenvalue weighted by Crippen LogP contribution is 2.24. The molecule has 0 aliphatic carbocycles.